The molecule has 0 spiro atoms. The largest absolute Gasteiger partial charge is 0.497 e. The van der Waals surface area contributed by atoms with Gasteiger partial charge in [-0.1, -0.05) is 29.8 Å². The number of aliphatic hydroxyl groups is 1. The number of likely N-dealkylation sites (tertiary alicyclic amines) is 1. The minimum absolute atomic E-state index is 0.293. The fraction of sp³-hybridized carbons (Fsp3) is 0.529. The zero-order valence-corrected chi connectivity index (χ0v) is 12.9. The van der Waals surface area contributed by atoms with E-state index >= 15 is 0 Å². The molecule has 0 saturated carbocycles. The fourth-order valence-electron chi connectivity index (χ4n) is 3.22. The number of allylic oxidation sites excluding steroid dienone is 1. The van der Waals surface area contributed by atoms with Crippen LogP contribution in [0.2, 0.25) is 5.02 Å². The highest BCUT2D eigenvalue weighted by molar-refractivity contribution is 6.31. The van der Waals surface area contributed by atoms with Crippen LogP contribution in [0.5, 0.6) is 0 Å². The van der Waals surface area contributed by atoms with E-state index in [0.29, 0.717) is 11.1 Å². The molecule has 0 aliphatic carbocycles. The summed E-state index contributed by atoms with van der Waals surface area (Å²) in [7, 11) is 0. The van der Waals surface area contributed by atoms with Crippen molar-refractivity contribution in [2.24, 2.45) is 0 Å². The van der Waals surface area contributed by atoms with Gasteiger partial charge in [0.25, 0.3) is 0 Å². The summed E-state index contributed by atoms with van der Waals surface area (Å²) in [6, 6.07) is 7.63. The van der Waals surface area contributed by atoms with E-state index in [0.717, 1.165) is 50.9 Å². The van der Waals surface area contributed by atoms with Crippen molar-refractivity contribution in [3.8, 4) is 0 Å². The van der Waals surface area contributed by atoms with Gasteiger partial charge in [0.15, 0.2) is 0 Å². The molecule has 2 aliphatic heterocycles. The van der Waals surface area contributed by atoms with Crippen LogP contribution in [0.3, 0.4) is 0 Å². The summed E-state index contributed by atoms with van der Waals surface area (Å²) in [5.74, 6) is 0. The zero-order valence-electron chi connectivity index (χ0n) is 12.2. The second kappa shape index (κ2) is 6.39. The average Bonchev–Trinajstić information content (AvgIpc) is 2.51. The van der Waals surface area contributed by atoms with E-state index in [1.807, 2.05) is 30.5 Å². The van der Waals surface area contributed by atoms with E-state index in [1.54, 1.807) is 0 Å². The number of rotatable bonds is 3. The molecule has 0 aromatic heterocycles. The van der Waals surface area contributed by atoms with Crippen LogP contribution >= 0.6 is 11.6 Å². The van der Waals surface area contributed by atoms with Gasteiger partial charge < -0.3 is 9.84 Å². The predicted molar refractivity (Wildman–Crippen MR) is 84.3 cm³/mol. The van der Waals surface area contributed by atoms with Crippen LogP contribution in [0.15, 0.2) is 36.6 Å². The van der Waals surface area contributed by atoms with E-state index in [4.69, 9.17) is 16.3 Å². The van der Waals surface area contributed by atoms with Crippen LogP contribution in [0.4, 0.5) is 0 Å². The minimum atomic E-state index is -0.790. The van der Waals surface area contributed by atoms with Crippen molar-refractivity contribution in [2.45, 2.75) is 37.4 Å². The quantitative estimate of drug-likeness (QED) is 0.930. The topological polar surface area (TPSA) is 32.7 Å². The number of benzene rings is 1. The molecule has 3 rings (SSSR count). The van der Waals surface area contributed by atoms with Crippen molar-refractivity contribution in [3.05, 3.63) is 47.2 Å². The number of hydrogen-bond acceptors (Lipinski definition) is 3. The molecule has 0 unspecified atom stereocenters. The summed E-state index contributed by atoms with van der Waals surface area (Å²) < 4.78 is 5.63. The lowest BCUT2D eigenvalue weighted by molar-refractivity contribution is -0.0364. The van der Waals surface area contributed by atoms with Crippen molar-refractivity contribution in [3.63, 3.8) is 0 Å². The van der Waals surface area contributed by atoms with Crippen molar-refractivity contribution in [1.82, 2.24) is 4.90 Å². The van der Waals surface area contributed by atoms with Crippen LogP contribution < -0.4 is 0 Å². The smallest absolute Gasteiger partial charge is 0.111 e. The lowest BCUT2D eigenvalue weighted by Crippen LogP contribution is -2.45. The first kappa shape index (κ1) is 14.9. The molecule has 3 nitrogen and oxygen atoms in total. The molecule has 1 fully saturated rings. The number of nitrogens with zero attached hydrogens (tertiary/aromatic N) is 1. The van der Waals surface area contributed by atoms with E-state index in [-0.39, 0.29) is 0 Å². The van der Waals surface area contributed by atoms with Gasteiger partial charge >= 0.3 is 0 Å². The summed E-state index contributed by atoms with van der Waals surface area (Å²) in [4.78, 5) is 2.38. The molecule has 1 N–H and O–H groups in total. The van der Waals surface area contributed by atoms with E-state index < -0.39 is 5.60 Å². The van der Waals surface area contributed by atoms with Gasteiger partial charge in [-0.05, 0) is 37.8 Å². The van der Waals surface area contributed by atoms with Crippen molar-refractivity contribution < 1.29 is 9.84 Å². The first-order valence-electron chi connectivity index (χ1n) is 7.68. The molecule has 1 aromatic carbocycles. The lowest BCUT2D eigenvalue weighted by Gasteiger charge is -2.40. The van der Waals surface area contributed by atoms with Crippen molar-refractivity contribution in [1.29, 1.82) is 0 Å². The highest BCUT2D eigenvalue weighted by atomic mass is 35.5. The van der Waals surface area contributed by atoms with Crippen LogP contribution in [-0.4, -0.2) is 35.7 Å². The molecule has 1 atom stereocenters. The molecule has 2 aliphatic rings. The van der Waals surface area contributed by atoms with Crippen LogP contribution in [-0.2, 0) is 10.3 Å². The maximum absolute atomic E-state index is 10.9. The standard InChI is InChI=1S/C17H22ClNO2/c18-16-7-2-1-6-15(16)17(20)8-10-19(11-9-17)13-14-5-3-4-12-21-14/h1-2,4,6-7,12,14,20H,3,5,8-11,13H2/t14-/m1/s1. The highest BCUT2D eigenvalue weighted by Crippen LogP contribution is 2.36. The molecular weight excluding hydrogens is 286 g/mol. The Labute approximate surface area is 131 Å². The predicted octanol–water partition coefficient (Wildman–Crippen LogP) is 3.32. The molecule has 0 radical (unpaired) electrons. The Kier molecular flexibility index (Phi) is 4.53. The third kappa shape index (κ3) is 3.42. The molecule has 114 valence electrons. The Hall–Kier alpha value is -1.03. The monoisotopic (exact) mass is 307 g/mol. The molecular formula is C17H22ClNO2. The summed E-state index contributed by atoms with van der Waals surface area (Å²) in [6.45, 7) is 2.71. The summed E-state index contributed by atoms with van der Waals surface area (Å²) in [6.07, 6.45) is 7.81. The fourth-order valence-corrected chi connectivity index (χ4v) is 3.53. The van der Waals surface area contributed by atoms with Gasteiger partial charge in [-0.3, -0.25) is 4.90 Å². The van der Waals surface area contributed by atoms with Gasteiger partial charge in [-0.25, -0.2) is 0 Å². The Morgan fingerprint density at radius 1 is 1.29 bits per heavy atom. The number of ether oxygens (including phenoxy) is 1. The molecule has 0 bridgehead atoms. The second-order valence-electron chi connectivity index (χ2n) is 6.02. The van der Waals surface area contributed by atoms with Gasteiger partial charge in [0.1, 0.15) is 6.10 Å². The lowest BCUT2D eigenvalue weighted by atomic mass is 9.84. The maximum atomic E-state index is 10.9. The van der Waals surface area contributed by atoms with Gasteiger partial charge in [0, 0.05) is 30.2 Å². The average molecular weight is 308 g/mol. The third-order valence-electron chi connectivity index (χ3n) is 4.54. The number of piperidine rings is 1. The maximum Gasteiger partial charge on any atom is 0.111 e. The molecule has 4 heteroatoms. The zero-order chi connectivity index (χ0) is 14.7. The first-order chi connectivity index (χ1) is 10.2. The number of hydrogen-bond donors (Lipinski definition) is 1. The normalized spacial score (nSPS) is 25.5. The molecule has 2 heterocycles. The van der Waals surface area contributed by atoms with E-state index in [1.165, 1.54) is 0 Å². The van der Waals surface area contributed by atoms with E-state index in [2.05, 4.69) is 11.0 Å². The molecule has 1 aromatic rings. The Morgan fingerprint density at radius 2 is 2.05 bits per heavy atom. The van der Waals surface area contributed by atoms with Crippen LogP contribution in [0, 0.1) is 0 Å². The Balaban J connectivity index is 1.59. The van der Waals surface area contributed by atoms with Gasteiger partial charge in [-0.2, -0.15) is 0 Å². The summed E-state index contributed by atoms with van der Waals surface area (Å²) >= 11 is 6.24. The van der Waals surface area contributed by atoms with Gasteiger partial charge in [0.2, 0.25) is 0 Å². The van der Waals surface area contributed by atoms with Crippen molar-refractivity contribution >= 4 is 11.6 Å². The second-order valence-corrected chi connectivity index (χ2v) is 6.43. The summed E-state index contributed by atoms with van der Waals surface area (Å²) in [5.41, 5.74) is 0.0745. The molecule has 0 amide bonds. The first-order valence-corrected chi connectivity index (χ1v) is 8.05. The highest BCUT2D eigenvalue weighted by Gasteiger charge is 2.35. The van der Waals surface area contributed by atoms with Crippen molar-refractivity contribution in [2.75, 3.05) is 19.6 Å². The Morgan fingerprint density at radius 3 is 2.71 bits per heavy atom. The Bertz CT molecular complexity index is 509. The van der Waals surface area contributed by atoms with Gasteiger partial charge in [-0.15, -0.1) is 0 Å². The van der Waals surface area contributed by atoms with Crippen LogP contribution in [0.25, 0.3) is 0 Å². The number of halogens is 1. The minimum Gasteiger partial charge on any atom is -0.497 e. The third-order valence-corrected chi connectivity index (χ3v) is 4.87. The molecule has 21 heavy (non-hydrogen) atoms. The molecule has 1 saturated heterocycles. The van der Waals surface area contributed by atoms with E-state index in [9.17, 15) is 5.11 Å². The SMILES string of the molecule is OC1(c2ccccc2Cl)CCN(C[C@H]2CCC=CO2)CC1. The summed E-state index contributed by atoms with van der Waals surface area (Å²) in [5, 5.41) is 11.6. The van der Waals surface area contributed by atoms with Crippen LogP contribution in [0.1, 0.15) is 31.2 Å². The van der Waals surface area contributed by atoms with Gasteiger partial charge in [0.05, 0.1) is 11.9 Å².